The smallest absolute Gasteiger partial charge is 0.251 e. The predicted octanol–water partition coefficient (Wildman–Crippen LogP) is 2.84. The second-order valence-corrected chi connectivity index (χ2v) is 7.16. The summed E-state index contributed by atoms with van der Waals surface area (Å²) in [7, 11) is 3.28. The van der Waals surface area contributed by atoms with Crippen molar-refractivity contribution in [3.05, 3.63) is 70.4 Å². The van der Waals surface area contributed by atoms with Crippen LogP contribution in [0.5, 0.6) is 11.5 Å². The van der Waals surface area contributed by atoms with Gasteiger partial charge in [-0.05, 0) is 42.8 Å². The molecule has 150 valence electrons. The molecular weight excluding hydrogens is 368 g/mol. The third kappa shape index (κ3) is 4.30. The van der Waals surface area contributed by atoms with Crippen molar-refractivity contribution in [3.63, 3.8) is 0 Å². The zero-order valence-electron chi connectivity index (χ0n) is 16.6. The number of methoxy groups -OCH3 is 2. The highest BCUT2D eigenvalue weighted by Gasteiger charge is 2.26. The molecule has 0 unspecified atom stereocenters. The molecule has 4 rings (SSSR count). The van der Waals surface area contributed by atoms with Crippen LogP contribution in [0.25, 0.3) is 11.4 Å². The van der Waals surface area contributed by atoms with Gasteiger partial charge >= 0.3 is 0 Å². The summed E-state index contributed by atoms with van der Waals surface area (Å²) in [5.41, 5.74) is 2.74. The van der Waals surface area contributed by atoms with Crippen molar-refractivity contribution in [1.82, 2.24) is 19.9 Å². The summed E-state index contributed by atoms with van der Waals surface area (Å²) in [5, 5.41) is 0. The topological polar surface area (TPSA) is 80.3 Å². The first-order chi connectivity index (χ1) is 14.2. The van der Waals surface area contributed by atoms with E-state index in [1.54, 1.807) is 32.7 Å². The van der Waals surface area contributed by atoms with Crippen molar-refractivity contribution in [3.8, 4) is 22.9 Å². The van der Waals surface area contributed by atoms with Crippen LogP contribution in [-0.2, 0) is 6.54 Å². The molecule has 7 nitrogen and oxygen atoms in total. The van der Waals surface area contributed by atoms with Gasteiger partial charge in [-0.25, -0.2) is 4.98 Å². The number of aromatic nitrogens is 3. The molecule has 1 fully saturated rings. The molecule has 29 heavy (non-hydrogen) atoms. The van der Waals surface area contributed by atoms with E-state index < -0.39 is 0 Å². The van der Waals surface area contributed by atoms with Crippen molar-refractivity contribution < 1.29 is 9.47 Å². The number of hydrogen-bond donors (Lipinski definition) is 1. The number of hydrogen-bond acceptors (Lipinski definition) is 6. The van der Waals surface area contributed by atoms with Crippen LogP contribution < -0.4 is 15.0 Å². The Hall–Kier alpha value is -3.19. The molecule has 0 amide bonds. The number of rotatable bonds is 6. The number of H-pyrrole nitrogens is 1. The highest BCUT2D eigenvalue weighted by molar-refractivity contribution is 5.53. The van der Waals surface area contributed by atoms with Crippen LogP contribution in [0, 0.1) is 0 Å². The van der Waals surface area contributed by atoms with Crippen molar-refractivity contribution in [1.29, 1.82) is 0 Å². The lowest BCUT2D eigenvalue weighted by Gasteiger charge is -2.17. The van der Waals surface area contributed by atoms with E-state index >= 15 is 0 Å². The number of nitrogens with zero attached hydrogens (tertiary/aromatic N) is 3. The summed E-state index contributed by atoms with van der Waals surface area (Å²) < 4.78 is 10.7. The quantitative estimate of drug-likeness (QED) is 0.695. The first kappa shape index (κ1) is 19.1. The zero-order valence-corrected chi connectivity index (χ0v) is 16.6. The predicted molar refractivity (Wildman–Crippen MR) is 110 cm³/mol. The zero-order chi connectivity index (χ0) is 20.2. The third-order valence-corrected chi connectivity index (χ3v) is 5.26. The summed E-state index contributed by atoms with van der Waals surface area (Å²) in [5.74, 6) is 2.29. The van der Waals surface area contributed by atoms with E-state index in [9.17, 15) is 4.79 Å². The number of nitrogens with one attached hydrogen (secondary N) is 1. The van der Waals surface area contributed by atoms with Gasteiger partial charge < -0.3 is 14.5 Å². The molecule has 0 spiro atoms. The molecule has 1 saturated heterocycles. The maximum atomic E-state index is 12.2. The van der Waals surface area contributed by atoms with Crippen molar-refractivity contribution in [2.24, 2.45) is 0 Å². The maximum Gasteiger partial charge on any atom is 0.251 e. The fraction of sp³-hybridized carbons (Fsp3) is 0.318. The van der Waals surface area contributed by atoms with Crippen molar-refractivity contribution in [2.75, 3.05) is 27.3 Å². The Bertz CT molecular complexity index is 1040. The number of likely N-dealkylation sites (tertiary alicyclic amines) is 1. The Labute approximate surface area is 169 Å². The van der Waals surface area contributed by atoms with Gasteiger partial charge in [0.05, 0.1) is 19.9 Å². The lowest BCUT2D eigenvalue weighted by Crippen LogP contribution is -2.20. The average molecular weight is 392 g/mol. The molecule has 1 aliphatic rings. The van der Waals surface area contributed by atoms with Gasteiger partial charge in [0, 0.05) is 43.0 Å². The van der Waals surface area contributed by atoms with Gasteiger partial charge in [-0.15, -0.1) is 0 Å². The summed E-state index contributed by atoms with van der Waals surface area (Å²) in [6.45, 7) is 2.63. The maximum absolute atomic E-state index is 12.2. The number of aromatic amines is 1. The molecule has 0 aliphatic carbocycles. The van der Waals surface area contributed by atoms with E-state index in [2.05, 4.69) is 20.9 Å². The molecule has 7 heteroatoms. The van der Waals surface area contributed by atoms with E-state index in [-0.39, 0.29) is 11.5 Å². The highest BCUT2D eigenvalue weighted by atomic mass is 16.5. The van der Waals surface area contributed by atoms with Crippen LogP contribution in [-0.4, -0.2) is 47.2 Å². The minimum absolute atomic E-state index is 0.125. The van der Waals surface area contributed by atoms with Crippen LogP contribution >= 0.6 is 0 Å². The van der Waals surface area contributed by atoms with Gasteiger partial charge in [0.15, 0.2) is 11.5 Å². The van der Waals surface area contributed by atoms with E-state index in [1.807, 2.05) is 24.3 Å². The molecule has 1 N–H and O–H groups in total. The molecular formula is C22H24N4O3. The lowest BCUT2D eigenvalue weighted by molar-refractivity contribution is 0.323. The number of benzene rings is 1. The summed E-state index contributed by atoms with van der Waals surface area (Å²) in [4.78, 5) is 26.2. The monoisotopic (exact) mass is 392 g/mol. The third-order valence-electron chi connectivity index (χ3n) is 5.26. The van der Waals surface area contributed by atoms with E-state index in [4.69, 9.17) is 14.5 Å². The SMILES string of the molecule is COc1ccc(CN2CC[C@H](c3cc(=O)[nH]c(-c4ccncc4)n3)C2)cc1OC. The second kappa shape index (κ2) is 8.45. The van der Waals surface area contributed by atoms with Gasteiger partial charge in [-0.3, -0.25) is 14.7 Å². The summed E-state index contributed by atoms with van der Waals surface area (Å²) in [6, 6.07) is 11.3. The molecule has 1 aromatic carbocycles. The second-order valence-electron chi connectivity index (χ2n) is 7.16. The Balaban J connectivity index is 1.49. The van der Waals surface area contributed by atoms with Gasteiger partial charge in [0.25, 0.3) is 5.56 Å². The van der Waals surface area contributed by atoms with Crippen LogP contribution in [0.2, 0.25) is 0 Å². The lowest BCUT2D eigenvalue weighted by atomic mass is 10.0. The number of pyridine rings is 1. The highest BCUT2D eigenvalue weighted by Crippen LogP contribution is 2.31. The Morgan fingerprint density at radius 2 is 1.90 bits per heavy atom. The van der Waals surface area contributed by atoms with E-state index in [0.29, 0.717) is 5.82 Å². The fourth-order valence-electron chi connectivity index (χ4n) is 3.79. The molecule has 2 aromatic heterocycles. The van der Waals surface area contributed by atoms with Crippen LogP contribution in [0.15, 0.2) is 53.6 Å². The summed E-state index contributed by atoms with van der Waals surface area (Å²) >= 11 is 0. The Morgan fingerprint density at radius 3 is 2.66 bits per heavy atom. The van der Waals surface area contributed by atoms with E-state index in [1.165, 1.54) is 5.56 Å². The van der Waals surface area contributed by atoms with Crippen molar-refractivity contribution >= 4 is 0 Å². The minimum Gasteiger partial charge on any atom is -0.493 e. The Morgan fingerprint density at radius 1 is 1.10 bits per heavy atom. The largest absolute Gasteiger partial charge is 0.493 e. The molecule has 0 bridgehead atoms. The Kier molecular flexibility index (Phi) is 5.57. The van der Waals surface area contributed by atoms with Crippen LogP contribution in [0.1, 0.15) is 23.6 Å². The molecule has 0 saturated carbocycles. The average Bonchev–Trinajstić information content (AvgIpc) is 3.22. The normalized spacial score (nSPS) is 16.7. The fourth-order valence-corrected chi connectivity index (χ4v) is 3.79. The van der Waals surface area contributed by atoms with Gasteiger partial charge in [0.1, 0.15) is 5.82 Å². The first-order valence-corrected chi connectivity index (χ1v) is 9.61. The molecule has 1 aliphatic heterocycles. The molecule has 3 heterocycles. The standard InChI is InChI=1S/C22H24N4O3/c1-28-19-4-3-15(11-20(19)29-2)13-26-10-7-17(14-26)18-12-21(27)25-22(24-18)16-5-8-23-9-6-16/h3-6,8-9,11-12,17H,7,10,13-14H2,1-2H3,(H,24,25,27)/t17-/m0/s1. The van der Waals surface area contributed by atoms with Crippen LogP contribution in [0.4, 0.5) is 0 Å². The summed E-state index contributed by atoms with van der Waals surface area (Å²) in [6.07, 6.45) is 4.37. The first-order valence-electron chi connectivity index (χ1n) is 9.61. The molecule has 0 radical (unpaired) electrons. The minimum atomic E-state index is -0.125. The van der Waals surface area contributed by atoms with Crippen molar-refractivity contribution in [2.45, 2.75) is 18.9 Å². The molecule has 3 aromatic rings. The molecule has 1 atom stereocenters. The number of ether oxygens (including phenoxy) is 2. The van der Waals surface area contributed by atoms with Gasteiger partial charge in [-0.2, -0.15) is 0 Å². The van der Waals surface area contributed by atoms with Crippen LogP contribution in [0.3, 0.4) is 0 Å². The van der Waals surface area contributed by atoms with Gasteiger partial charge in [0.2, 0.25) is 0 Å². The van der Waals surface area contributed by atoms with Gasteiger partial charge in [-0.1, -0.05) is 6.07 Å². The van der Waals surface area contributed by atoms with E-state index in [0.717, 1.165) is 48.8 Å².